The van der Waals surface area contributed by atoms with Crippen molar-refractivity contribution in [3.8, 4) is 0 Å². The van der Waals surface area contributed by atoms with Crippen LogP contribution in [0.15, 0.2) is 0 Å². The van der Waals surface area contributed by atoms with Gasteiger partial charge in [-0.25, -0.2) is 14.6 Å². The lowest BCUT2D eigenvalue weighted by Gasteiger charge is -2.33. The van der Waals surface area contributed by atoms with Gasteiger partial charge in [0, 0.05) is 6.42 Å². The lowest BCUT2D eigenvalue weighted by atomic mass is 9.94. The van der Waals surface area contributed by atoms with E-state index in [1.165, 1.54) is 0 Å². The van der Waals surface area contributed by atoms with Crippen LogP contribution in [0.4, 0.5) is 4.48 Å². The maximum Gasteiger partial charge on any atom is 0.472 e. The summed E-state index contributed by atoms with van der Waals surface area (Å²) < 4.78 is 48.8. The van der Waals surface area contributed by atoms with E-state index in [1.54, 1.807) is 13.8 Å². The highest BCUT2D eigenvalue weighted by molar-refractivity contribution is 7.47. The number of phosphoric acid groups is 2. The van der Waals surface area contributed by atoms with Crippen LogP contribution in [-0.2, 0) is 22.7 Å². The highest BCUT2D eigenvalue weighted by Gasteiger charge is 2.37. The second kappa shape index (κ2) is 10.9. The number of hydrogen-bond donors (Lipinski definition) is 6. The zero-order valence-electron chi connectivity index (χ0n) is 13.4. The Kier molecular flexibility index (Phi) is 10.9. The third kappa shape index (κ3) is 10.1. The van der Waals surface area contributed by atoms with Crippen LogP contribution >= 0.6 is 15.6 Å². The molecule has 11 nitrogen and oxygen atoms in total. The second-order valence-electron chi connectivity index (χ2n) is 4.94. The Labute approximate surface area is 139 Å². The first-order valence-electron chi connectivity index (χ1n) is 7.13. The zero-order chi connectivity index (χ0) is 18.9. The molecule has 0 spiro atoms. The van der Waals surface area contributed by atoms with Gasteiger partial charge < -0.3 is 19.8 Å². The molecule has 14 heteroatoms. The Balaban J connectivity index is 4.76. The van der Waals surface area contributed by atoms with E-state index in [2.05, 4.69) is 4.52 Å². The topological polar surface area (TPSA) is 167 Å². The quantitative estimate of drug-likeness (QED) is 0.137. The molecular formula is C10H25FN2O9P2. The number of hydrogen-bond acceptors (Lipinski definition) is 8. The number of hydrazine groups is 1. The van der Waals surface area contributed by atoms with Gasteiger partial charge in [-0.3, -0.25) is 13.6 Å². The van der Waals surface area contributed by atoms with Crippen molar-refractivity contribution in [2.75, 3.05) is 19.8 Å². The fourth-order valence-corrected chi connectivity index (χ4v) is 3.39. The number of aliphatic hydroxyl groups is 1. The first kappa shape index (κ1) is 24.0. The summed E-state index contributed by atoms with van der Waals surface area (Å²) >= 11 is 0. The minimum atomic E-state index is -4.66. The Hall–Kier alpha value is 0.0300. The van der Waals surface area contributed by atoms with Crippen molar-refractivity contribution in [1.29, 1.82) is 0 Å². The molecule has 146 valence electrons. The molecular weight excluding hydrogens is 373 g/mol. The number of rotatable bonds is 14. The van der Waals surface area contributed by atoms with Crippen LogP contribution in [0.2, 0.25) is 0 Å². The number of aliphatic hydroxyl groups excluding tert-OH is 1. The standard InChI is InChI=1S/C10H25FN2O9P2/c1-3-10(4-2,5-6-20-23(15,16)17)22-24(18,19)21-8-9(7-14)12-13-11/h9,12-14H,3-8H2,1-2H3,(H,18,19)(H2,15,16,17). The summed E-state index contributed by atoms with van der Waals surface area (Å²) in [5, 5.41) is 8.92. The number of nitrogens with one attached hydrogen (secondary N) is 2. The van der Waals surface area contributed by atoms with Crippen molar-refractivity contribution >= 4 is 15.6 Å². The molecule has 0 saturated heterocycles. The third-order valence-electron chi connectivity index (χ3n) is 3.33. The van der Waals surface area contributed by atoms with Crippen molar-refractivity contribution in [1.82, 2.24) is 11.1 Å². The molecule has 0 saturated carbocycles. The lowest BCUT2D eigenvalue weighted by molar-refractivity contribution is -0.00612. The zero-order valence-corrected chi connectivity index (χ0v) is 15.2. The van der Waals surface area contributed by atoms with Crippen LogP contribution in [0.3, 0.4) is 0 Å². The summed E-state index contributed by atoms with van der Waals surface area (Å²) in [5.41, 5.74) is 1.83. The van der Waals surface area contributed by atoms with E-state index in [4.69, 9.17) is 23.9 Å². The van der Waals surface area contributed by atoms with Crippen LogP contribution in [0.1, 0.15) is 33.1 Å². The van der Waals surface area contributed by atoms with E-state index >= 15 is 0 Å². The number of halogens is 1. The molecule has 6 N–H and O–H groups in total. The monoisotopic (exact) mass is 398 g/mol. The number of phosphoric ester groups is 2. The Bertz CT molecular complexity index is 446. The van der Waals surface area contributed by atoms with Crippen molar-refractivity contribution in [2.24, 2.45) is 0 Å². The molecule has 0 bridgehead atoms. The van der Waals surface area contributed by atoms with Gasteiger partial charge in [-0.1, -0.05) is 19.5 Å². The van der Waals surface area contributed by atoms with Crippen molar-refractivity contribution in [3.05, 3.63) is 0 Å². The Morgan fingerprint density at radius 3 is 2.17 bits per heavy atom. The summed E-state index contributed by atoms with van der Waals surface area (Å²) in [4.78, 5) is 27.1. The van der Waals surface area contributed by atoms with Crippen LogP contribution in [-0.4, -0.2) is 51.3 Å². The van der Waals surface area contributed by atoms with E-state index in [-0.39, 0.29) is 19.3 Å². The van der Waals surface area contributed by atoms with Crippen LogP contribution in [0.5, 0.6) is 0 Å². The van der Waals surface area contributed by atoms with E-state index in [1.807, 2.05) is 5.43 Å². The van der Waals surface area contributed by atoms with E-state index < -0.39 is 47.1 Å². The largest absolute Gasteiger partial charge is 0.472 e. The van der Waals surface area contributed by atoms with E-state index in [9.17, 15) is 18.5 Å². The smallest absolute Gasteiger partial charge is 0.395 e. The van der Waals surface area contributed by atoms with Gasteiger partial charge >= 0.3 is 15.6 Å². The predicted octanol–water partition coefficient (Wildman–Crippen LogP) is 0.518. The highest BCUT2D eigenvalue weighted by Crippen LogP contribution is 2.50. The highest BCUT2D eigenvalue weighted by atomic mass is 31.2. The van der Waals surface area contributed by atoms with Gasteiger partial charge in [-0.15, -0.1) is 4.48 Å². The molecule has 0 radical (unpaired) electrons. The summed E-state index contributed by atoms with van der Waals surface area (Å²) in [5.74, 6) is 0. The Morgan fingerprint density at radius 2 is 1.75 bits per heavy atom. The molecule has 0 aromatic heterocycles. The first-order valence-corrected chi connectivity index (χ1v) is 10.2. The maximum absolute atomic E-state index is 12.0. The van der Waals surface area contributed by atoms with Crippen molar-refractivity contribution in [2.45, 2.75) is 44.8 Å². The van der Waals surface area contributed by atoms with Crippen molar-refractivity contribution < 1.29 is 47.0 Å². The maximum atomic E-state index is 12.0. The molecule has 2 atom stereocenters. The molecule has 0 amide bonds. The summed E-state index contributed by atoms with van der Waals surface area (Å²) in [6.45, 7) is 1.83. The minimum Gasteiger partial charge on any atom is -0.395 e. The molecule has 0 heterocycles. The molecule has 0 aliphatic rings. The van der Waals surface area contributed by atoms with Crippen LogP contribution in [0.25, 0.3) is 0 Å². The SMILES string of the molecule is CCC(CC)(CCOP(=O)(O)O)OP(=O)(O)OCC(CO)NNF. The Morgan fingerprint density at radius 1 is 1.17 bits per heavy atom. The second-order valence-corrected chi connectivity index (χ2v) is 7.56. The van der Waals surface area contributed by atoms with Gasteiger partial charge in [-0.2, -0.15) is 0 Å². The summed E-state index contributed by atoms with van der Waals surface area (Å²) in [7, 11) is -9.23. The van der Waals surface area contributed by atoms with Crippen LogP contribution < -0.4 is 11.1 Å². The molecule has 2 unspecified atom stereocenters. The molecule has 0 aliphatic carbocycles. The average Bonchev–Trinajstić information content (AvgIpc) is 2.49. The van der Waals surface area contributed by atoms with Gasteiger partial charge in [0.1, 0.15) is 0 Å². The predicted molar refractivity (Wildman–Crippen MR) is 81.0 cm³/mol. The third-order valence-corrected chi connectivity index (χ3v) is 4.95. The van der Waals surface area contributed by atoms with Crippen molar-refractivity contribution in [3.63, 3.8) is 0 Å². The van der Waals surface area contributed by atoms with Gasteiger partial charge in [0.25, 0.3) is 0 Å². The molecule has 24 heavy (non-hydrogen) atoms. The lowest BCUT2D eigenvalue weighted by Crippen LogP contribution is -2.42. The van der Waals surface area contributed by atoms with E-state index in [0.717, 1.165) is 5.65 Å². The van der Waals surface area contributed by atoms with Gasteiger partial charge in [0.05, 0.1) is 31.5 Å². The average molecular weight is 398 g/mol. The summed E-state index contributed by atoms with van der Waals surface area (Å²) in [6, 6.07) is -0.991. The normalized spacial score (nSPS) is 16.8. The van der Waals surface area contributed by atoms with E-state index in [0.29, 0.717) is 0 Å². The molecule has 0 aromatic rings. The molecule has 0 aromatic carbocycles. The first-order chi connectivity index (χ1) is 11.0. The van der Waals surface area contributed by atoms with Gasteiger partial charge in [0.2, 0.25) is 0 Å². The molecule has 0 fully saturated rings. The fourth-order valence-electron chi connectivity index (χ4n) is 1.80. The minimum absolute atomic E-state index is 0.0628. The van der Waals surface area contributed by atoms with Crippen LogP contribution in [0, 0.1) is 0 Å². The summed E-state index contributed by atoms with van der Waals surface area (Å²) in [6.07, 6.45) is 0.429. The molecule has 0 aliphatic heterocycles. The van der Waals surface area contributed by atoms with Gasteiger partial charge in [-0.05, 0) is 12.8 Å². The van der Waals surface area contributed by atoms with Gasteiger partial charge in [0.15, 0.2) is 0 Å². The molecule has 0 rings (SSSR count). The fraction of sp³-hybridized carbons (Fsp3) is 1.00.